The van der Waals surface area contributed by atoms with E-state index in [1.165, 1.54) is 0 Å². The zero-order valence-electron chi connectivity index (χ0n) is 13.9. The molecule has 1 atom stereocenters. The van der Waals surface area contributed by atoms with Gasteiger partial charge >= 0.3 is 0 Å². The summed E-state index contributed by atoms with van der Waals surface area (Å²) in [6.07, 6.45) is 2.68. The molecule has 1 amide bonds. The van der Waals surface area contributed by atoms with Crippen LogP contribution in [0.25, 0.3) is 0 Å². The quantitative estimate of drug-likeness (QED) is 0.859. The molecule has 1 saturated heterocycles. The first-order chi connectivity index (χ1) is 11.7. The van der Waals surface area contributed by atoms with Crippen LogP contribution in [-0.4, -0.2) is 58.1 Å². The molecule has 0 bridgehead atoms. The van der Waals surface area contributed by atoms with Gasteiger partial charge in [0.05, 0.1) is 29.9 Å². The highest BCUT2D eigenvalue weighted by Gasteiger charge is 2.29. The summed E-state index contributed by atoms with van der Waals surface area (Å²) in [5.41, 5.74) is 0.847. The van der Waals surface area contributed by atoms with Crippen LogP contribution in [0, 0.1) is 6.92 Å². The third-order valence-corrected chi connectivity index (χ3v) is 5.18. The molecule has 1 N–H and O–H groups in total. The maximum Gasteiger partial charge on any atom is 0.228 e. The average molecular weight is 349 g/mol. The third kappa shape index (κ3) is 4.23. The summed E-state index contributed by atoms with van der Waals surface area (Å²) < 4.78 is 5.43. The van der Waals surface area contributed by atoms with Gasteiger partial charge in [0.1, 0.15) is 5.76 Å². The van der Waals surface area contributed by atoms with E-state index in [2.05, 4.69) is 9.88 Å². The fourth-order valence-electron chi connectivity index (χ4n) is 3.11. The largest absolute Gasteiger partial charge is 0.468 e. The average Bonchev–Trinajstić information content (AvgIpc) is 3.21. The van der Waals surface area contributed by atoms with Gasteiger partial charge in [-0.2, -0.15) is 0 Å². The van der Waals surface area contributed by atoms with Crippen LogP contribution in [0.1, 0.15) is 22.9 Å². The zero-order chi connectivity index (χ0) is 16.9. The number of aliphatic hydroxyl groups excluding tert-OH is 1. The van der Waals surface area contributed by atoms with Crippen molar-refractivity contribution in [2.24, 2.45) is 0 Å². The number of furan rings is 1. The molecule has 1 unspecified atom stereocenters. The van der Waals surface area contributed by atoms with Gasteiger partial charge < -0.3 is 14.4 Å². The summed E-state index contributed by atoms with van der Waals surface area (Å²) >= 11 is 1.57. The van der Waals surface area contributed by atoms with E-state index in [1.807, 2.05) is 29.3 Å². The van der Waals surface area contributed by atoms with Crippen molar-refractivity contribution in [3.63, 3.8) is 0 Å². The fourth-order valence-corrected chi connectivity index (χ4v) is 3.72. The van der Waals surface area contributed by atoms with Gasteiger partial charge in [-0.05, 0) is 25.5 Å². The van der Waals surface area contributed by atoms with Gasteiger partial charge in [-0.3, -0.25) is 9.69 Å². The molecule has 0 radical (unpaired) electrons. The second-order valence-corrected chi connectivity index (χ2v) is 7.15. The van der Waals surface area contributed by atoms with E-state index in [1.54, 1.807) is 17.6 Å². The van der Waals surface area contributed by atoms with Crippen LogP contribution in [-0.2, 0) is 17.8 Å². The predicted octanol–water partition coefficient (Wildman–Crippen LogP) is 1.68. The van der Waals surface area contributed by atoms with Gasteiger partial charge in [0.15, 0.2) is 0 Å². The Hall–Kier alpha value is -1.70. The van der Waals surface area contributed by atoms with E-state index in [-0.39, 0.29) is 18.6 Å². The molecule has 3 heterocycles. The van der Waals surface area contributed by atoms with E-state index < -0.39 is 0 Å². The molecular weight excluding hydrogens is 326 g/mol. The Bertz CT molecular complexity index is 656. The number of amides is 1. The maximum atomic E-state index is 12.5. The first-order valence-electron chi connectivity index (χ1n) is 8.22. The second kappa shape index (κ2) is 7.92. The van der Waals surface area contributed by atoms with Crippen LogP contribution >= 0.6 is 11.3 Å². The van der Waals surface area contributed by atoms with E-state index >= 15 is 0 Å². The summed E-state index contributed by atoms with van der Waals surface area (Å²) in [6, 6.07) is 3.99. The summed E-state index contributed by atoms with van der Waals surface area (Å²) in [4.78, 5) is 21.1. The summed E-state index contributed by atoms with van der Waals surface area (Å²) in [5.74, 6) is 1.02. The van der Waals surface area contributed by atoms with Crippen LogP contribution in [0.3, 0.4) is 0 Å². The normalized spacial score (nSPS) is 18.9. The number of carbonyl (C=O) groups excluding carboxylic acids is 1. The molecule has 0 saturated carbocycles. The molecule has 3 rings (SSSR count). The molecule has 0 aliphatic carbocycles. The van der Waals surface area contributed by atoms with Crippen molar-refractivity contribution < 1.29 is 14.3 Å². The predicted molar refractivity (Wildman–Crippen MR) is 91.7 cm³/mol. The van der Waals surface area contributed by atoms with Crippen LogP contribution in [0.4, 0.5) is 0 Å². The minimum Gasteiger partial charge on any atom is -0.468 e. The smallest absolute Gasteiger partial charge is 0.228 e. The molecule has 24 heavy (non-hydrogen) atoms. The van der Waals surface area contributed by atoms with Crippen LogP contribution in [0.2, 0.25) is 0 Å². The lowest BCUT2D eigenvalue weighted by molar-refractivity contribution is -0.134. The number of rotatable bonds is 6. The summed E-state index contributed by atoms with van der Waals surface area (Å²) in [7, 11) is 0. The Kier molecular flexibility index (Phi) is 5.65. The van der Waals surface area contributed by atoms with Crippen molar-refractivity contribution in [2.45, 2.75) is 32.4 Å². The van der Waals surface area contributed by atoms with Crippen LogP contribution in [0.15, 0.2) is 28.2 Å². The molecule has 1 fully saturated rings. The molecule has 2 aromatic heterocycles. The Labute approximate surface area is 145 Å². The van der Waals surface area contributed by atoms with E-state index in [0.29, 0.717) is 32.5 Å². The molecule has 0 aromatic carbocycles. The standard InChI is InChI=1S/C17H23N3O3S/c1-13-18-14(12-24-13)9-17(22)20-6-5-19(15(10-20)4-7-21)11-16-3-2-8-23-16/h2-3,8,12,15,21H,4-7,9-11H2,1H3. The number of piperazine rings is 1. The number of hydrogen-bond acceptors (Lipinski definition) is 6. The number of aromatic nitrogens is 1. The number of nitrogens with zero attached hydrogens (tertiary/aromatic N) is 3. The minimum atomic E-state index is 0.112. The Morgan fingerprint density at radius 2 is 2.38 bits per heavy atom. The monoisotopic (exact) mass is 349 g/mol. The number of aryl methyl sites for hydroxylation is 1. The summed E-state index contributed by atoms with van der Waals surface area (Å²) in [5, 5.41) is 12.3. The van der Waals surface area contributed by atoms with E-state index in [9.17, 15) is 9.90 Å². The first-order valence-corrected chi connectivity index (χ1v) is 9.09. The molecule has 6 nitrogen and oxygen atoms in total. The number of hydrogen-bond donors (Lipinski definition) is 1. The highest BCUT2D eigenvalue weighted by atomic mass is 32.1. The SMILES string of the molecule is Cc1nc(CC(=O)N2CCN(Cc3ccco3)C(CCO)C2)cs1. The highest BCUT2D eigenvalue weighted by Crippen LogP contribution is 2.18. The lowest BCUT2D eigenvalue weighted by Crippen LogP contribution is -2.54. The van der Waals surface area contributed by atoms with Crippen molar-refractivity contribution in [3.8, 4) is 0 Å². The fraction of sp³-hybridized carbons (Fsp3) is 0.529. The van der Waals surface area contributed by atoms with Crippen molar-refractivity contribution in [1.82, 2.24) is 14.8 Å². The van der Waals surface area contributed by atoms with Crippen molar-refractivity contribution in [2.75, 3.05) is 26.2 Å². The molecule has 2 aromatic rings. The van der Waals surface area contributed by atoms with Crippen molar-refractivity contribution in [3.05, 3.63) is 40.2 Å². The van der Waals surface area contributed by atoms with Gasteiger partial charge in [-0.15, -0.1) is 11.3 Å². The van der Waals surface area contributed by atoms with Gasteiger partial charge in [0, 0.05) is 37.7 Å². The topological polar surface area (TPSA) is 69.8 Å². The van der Waals surface area contributed by atoms with Crippen LogP contribution in [0.5, 0.6) is 0 Å². The number of thiazole rings is 1. The number of carbonyl (C=O) groups is 1. The highest BCUT2D eigenvalue weighted by molar-refractivity contribution is 7.09. The molecule has 0 spiro atoms. The lowest BCUT2D eigenvalue weighted by atomic mass is 10.1. The Morgan fingerprint density at radius 3 is 3.04 bits per heavy atom. The van der Waals surface area contributed by atoms with Crippen molar-refractivity contribution in [1.29, 1.82) is 0 Å². The van der Waals surface area contributed by atoms with Crippen LogP contribution < -0.4 is 0 Å². The van der Waals surface area contributed by atoms with Crippen molar-refractivity contribution >= 4 is 17.2 Å². The van der Waals surface area contributed by atoms with Gasteiger partial charge in [0.2, 0.25) is 5.91 Å². The maximum absolute atomic E-state index is 12.5. The number of aliphatic hydroxyl groups is 1. The third-order valence-electron chi connectivity index (χ3n) is 4.36. The summed E-state index contributed by atoms with van der Waals surface area (Å²) in [6.45, 7) is 4.90. The van der Waals surface area contributed by atoms with E-state index in [4.69, 9.17) is 4.42 Å². The molecule has 1 aliphatic heterocycles. The molecule has 1 aliphatic rings. The van der Waals surface area contributed by atoms with Gasteiger partial charge in [-0.25, -0.2) is 4.98 Å². The van der Waals surface area contributed by atoms with Gasteiger partial charge in [0.25, 0.3) is 0 Å². The molecule has 130 valence electrons. The minimum absolute atomic E-state index is 0.112. The zero-order valence-corrected chi connectivity index (χ0v) is 14.7. The first kappa shape index (κ1) is 17.1. The molecular formula is C17H23N3O3S. The van der Waals surface area contributed by atoms with Gasteiger partial charge in [-0.1, -0.05) is 0 Å². The Balaban J connectivity index is 1.60. The van der Waals surface area contributed by atoms with E-state index in [0.717, 1.165) is 23.0 Å². The lowest BCUT2D eigenvalue weighted by Gasteiger charge is -2.41. The molecule has 7 heteroatoms. The Morgan fingerprint density at radius 1 is 1.50 bits per heavy atom. The second-order valence-electron chi connectivity index (χ2n) is 6.09.